The van der Waals surface area contributed by atoms with Crippen molar-refractivity contribution >= 4 is 23.2 Å². The van der Waals surface area contributed by atoms with Crippen LogP contribution < -0.4 is 5.73 Å². The van der Waals surface area contributed by atoms with Gasteiger partial charge in [0.25, 0.3) is 0 Å². The predicted octanol–water partition coefficient (Wildman–Crippen LogP) is 4.45. The molecule has 0 aromatic heterocycles. The Morgan fingerprint density at radius 3 is 2.53 bits per heavy atom. The molecule has 2 N–H and O–H groups in total. The molecule has 92 valence electrons. The lowest BCUT2D eigenvalue weighted by molar-refractivity contribution is 0.607. The molecule has 0 heterocycles. The summed E-state index contributed by atoms with van der Waals surface area (Å²) >= 11 is 0. The molecular formula is C15H20ClN. The topological polar surface area (TPSA) is 26.0 Å². The average Bonchev–Trinajstić information content (AvgIpc) is 2.35. The normalized spacial score (nSPS) is 12.1. The number of fused-ring (bicyclic) bond motifs is 1. The fourth-order valence-corrected chi connectivity index (χ4v) is 2.15. The number of hydrogen-bond donors (Lipinski definition) is 1. The zero-order valence-electron chi connectivity index (χ0n) is 10.2. The van der Waals surface area contributed by atoms with Gasteiger partial charge in [-0.15, -0.1) is 12.4 Å². The van der Waals surface area contributed by atoms with E-state index in [4.69, 9.17) is 5.73 Å². The van der Waals surface area contributed by atoms with Gasteiger partial charge in [0.05, 0.1) is 0 Å². The second kappa shape index (κ2) is 6.63. The number of rotatable bonds is 4. The lowest BCUT2D eigenvalue weighted by Gasteiger charge is -2.14. The average molecular weight is 250 g/mol. The Morgan fingerprint density at radius 1 is 1.06 bits per heavy atom. The summed E-state index contributed by atoms with van der Waals surface area (Å²) in [6.07, 6.45) is 3.48. The number of benzene rings is 2. The maximum atomic E-state index is 6.25. The highest BCUT2D eigenvalue weighted by Gasteiger charge is 2.08. The first kappa shape index (κ1) is 14.0. The van der Waals surface area contributed by atoms with Crippen LogP contribution in [0.25, 0.3) is 10.8 Å². The third kappa shape index (κ3) is 3.21. The molecule has 2 aromatic carbocycles. The van der Waals surface area contributed by atoms with Crippen molar-refractivity contribution < 1.29 is 0 Å². The Kier molecular flexibility index (Phi) is 5.46. The molecule has 1 unspecified atom stereocenters. The molecule has 1 nitrogen and oxygen atoms in total. The molecule has 17 heavy (non-hydrogen) atoms. The summed E-state index contributed by atoms with van der Waals surface area (Å²) in [5.41, 5.74) is 7.53. The van der Waals surface area contributed by atoms with E-state index in [1.165, 1.54) is 29.2 Å². The maximum Gasteiger partial charge on any atom is 0.0301 e. The summed E-state index contributed by atoms with van der Waals surface area (Å²) in [7, 11) is 0. The molecule has 0 fully saturated rings. The molecule has 0 radical (unpaired) electrons. The van der Waals surface area contributed by atoms with Gasteiger partial charge in [-0.1, -0.05) is 62.2 Å². The summed E-state index contributed by atoms with van der Waals surface area (Å²) in [6, 6.07) is 15.0. The summed E-state index contributed by atoms with van der Waals surface area (Å²) in [5.74, 6) is 0. The Labute approximate surface area is 109 Å². The zero-order valence-corrected chi connectivity index (χ0v) is 11.0. The first-order valence-electron chi connectivity index (χ1n) is 6.06. The van der Waals surface area contributed by atoms with Crippen LogP contribution in [0.2, 0.25) is 0 Å². The van der Waals surface area contributed by atoms with Gasteiger partial charge in [0.1, 0.15) is 0 Å². The van der Waals surface area contributed by atoms with Gasteiger partial charge in [0.15, 0.2) is 0 Å². The van der Waals surface area contributed by atoms with Crippen molar-refractivity contribution in [2.75, 3.05) is 0 Å². The van der Waals surface area contributed by atoms with E-state index in [-0.39, 0.29) is 18.4 Å². The van der Waals surface area contributed by atoms with Crippen molar-refractivity contribution in [3.63, 3.8) is 0 Å². The van der Waals surface area contributed by atoms with Gasteiger partial charge in [0, 0.05) is 6.04 Å². The van der Waals surface area contributed by atoms with Crippen molar-refractivity contribution in [2.45, 2.75) is 32.2 Å². The highest BCUT2D eigenvalue weighted by molar-refractivity contribution is 5.86. The number of nitrogens with two attached hydrogens (primary N) is 1. The van der Waals surface area contributed by atoms with E-state index in [9.17, 15) is 0 Å². The highest BCUT2D eigenvalue weighted by Crippen LogP contribution is 2.25. The van der Waals surface area contributed by atoms with E-state index in [1.54, 1.807) is 0 Å². The molecule has 2 rings (SSSR count). The Hall–Kier alpha value is -1.05. The van der Waals surface area contributed by atoms with Crippen LogP contribution in [0.15, 0.2) is 42.5 Å². The molecule has 2 aromatic rings. The summed E-state index contributed by atoms with van der Waals surface area (Å²) in [6.45, 7) is 2.20. The molecule has 0 bridgehead atoms. The van der Waals surface area contributed by atoms with E-state index in [0.717, 1.165) is 6.42 Å². The second-order valence-electron chi connectivity index (χ2n) is 4.32. The lowest BCUT2D eigenvalue weighted by Crippen LogP contribution is -2.10. The van der Waals surface area contributed by atoms with Crippen LogP contribution in [0.5, 0.6) is 0 Å². The Bertz CT molecular complexity index is 462. The third-order valence-electron chi connectivity index (χ3n) is 3.09. The molecule has 0 aliphatic carbocycles. The minimum absolute atomic E-state index is 0. The minimum atomic E-state index is 0. The number of unbranched alkanes of at least 4 members (excludes halogenated alkanes) is 1. The monoisotopic (exact) mass is 249 g/mol. The molecule has 0 saturated heterocycles. The molecule has 1 atom stereocenters. The van der Waals surface area contributed by atoms with Gasteiger partial charge >= 0.3 is 0 Å². The van der Waals surface area contributed by atoms with Gasteiger partial charge in [0.2, 0.25) is 0 Å². The second-order valence-corrected chi connectivity index (χ2v) is 4.32. The SMILES string of the molecule is CCCCC(N)c1cccc2ccccc12.Cl. The van der Waals surface area contributed by atoms with Crippen LogP contribution in [-0.4, -0.2) is 0 Å². The molecule has 0 aliphatic heterocycles. The number of halogens is 1. The fraction of sp³-hybridized carbons (Fsp3) is 0.333. The van der Waals surface area contributed by atoms with E-state index in [0.29, 0.717) is 0 Å². The lowest BCUT2D eigenvalue weighted by atomic mass is 9.96. The first-order chi connectivity index (χ1) is 7.83. The first-order valence-corrected chi connectivity index (χ1v) is 6.06. The third-order valence-corrected chi connectivity index (χ3v) is 3.09. The van der Waals surface area contributed by atoms with Crippen LogP contribution in [0, 0.1) is 0 Å². The van der Waals surface area contributed by atoms with Crippen molar-refractivity contribution in [1.29, 1.82) is 0 Å². The summed E-state index contributed by atoms with van der Waals surface area (Å²) < 4.78 is 0. The van der Waals surface area contributed by atoms with Crippen molar-refractivity contribution in [3.8, 4) is 0 Å². The van der Waals surface area contributed by atoms with Crippen LogP contribution in [0.3, 0.4) is 0 Å². The van der Waals surface area contributed by atoms with Gasteiger partial charge < -0.3 is 5.73 Å². The molecule has 0 spiro atoms. The van der Waals surface area contributed by atoms with Crippen molar-refractivity contribution in [2.24, 2.45) is 5.73 Å². The minimum Gasteiger partial charge on any atom is -0.324 e. The molecule has 2 heteroatoms. The van der Waals surface area contributed by atoms with Crippen LogP contribution in [-0.2, 0) is 0 Å². The Balaban J connectivity index is 0.00000144. The molecule has 0 saturated carbocycles. The van der Waals surface area contributed by atoms with Gasteiger partial charge in [-0.25, -0.2) is 0 Å². The highest BCUT2D eigenvalue weighted by atomic mass is 35.5. The van der Waals surface area contributed by atoms with Gasteiger partial charge in [-0.2, -0.15) is 0 Å². The summed E-state index contributed by atoms with van der Waals surface area (Å²) in [4.78, 5) is 0. The zero-order chi connectivity index (χ0) is 11.4. The predicted molar refractivity (Wildman–Crippen MR) is 77.6 cm³/mol. The molecular weight excluding hydrogens is 230 g/mol. The van der Waals surface area contributed by atoms with Crippen LogP contribution >= 0.6 is 12.4 Å². The van der Waals surface area contributed by atoms with Crippen molar-refractivity contribution in [3.05, 3.63) is 48.0 Å². The van der Waals surface area contributed by atoms with Crippen LogP contribution in [0.4, 0.5) is 0 Å². The molecule has 0 amide bonds. The van der Waals surface area contributed by atoms with E-state index < -0.39 is 0 Å². The van der Waals surface area contributed by atoms with E-state index in [2.05, 4.69) is 49.4 Å². The van der Waals surface area contributed by atoms with Gasteiger partial charge in [-0.05, 0) is 22.8 Å². The van der Waals surface area contributed by atoms with E-state index in [1.807, 2.05) is 0 Å². The Morgan fingerprint density at radius 2 is 1.76 bits per heavy atom. The largest absolute Gasteiger partial charge is 0.324 e. The van der Waals surface area contributed by atoms with Crippen LogP contribution in [0.1, 0.15) is 37.8 Å². The standard InChI is InChI=1S/C15H19N.ClH/c1-2-3-11-15(16)14-10-6-8-12-7-4-5-9-13(12)14;/h4-10,15H,2-3,11,16H2,1H3;1H. The smallest absolute Gasteiger partial charge is 0.0301 e. The fourth-order valence-electron chi connectivity index (χ4n) is 2.15. The summed E-state index contributed by atoms with van der Waals surface area (Å²) in [5, 5.41) is 2.58. The quantitative estimate of drug-likeness (QED) is 0.851. The van der Waals surface area contributed by atoms with Gasteiger partial charge in [-0.3, -0.25) is 0 Å². The number of hydrogen-bond acceptors (Lipinski definition) is 1. The van der Waals surface area contributed by atoms with E-state index >= 15 is 0 Å². The molecule has 0 aliphatic rings. The van der Waals surface area contributed by atoms with Crippen molar-refractivity contribution in [1.82, 2.24) is 0 Å². The maximum absolute atomic E-state index is 6.25.